The number of amides is 1. The van der Waals surface area contributed by atoms with Crippen molar-refractivity contribution in [2.45, 2.75) is 6.92 Å². The van der Waals surface area contributed by atoms with Gasteiger partial charge in [0.05, 0.1) is 6.20 Å². The SMILES string of the molecule is CC(=O)Nc1ccc(Oc2ccc[c]n2)cc1. The van der Waals surface area contributed by atoms with Crippen molar-refractivity contribution in [2.75, 3.05) is 5.32 Å². The fourth-order valence-electron chi connectivity index (χ4n) is 1.30. The highest BCUT2D eigenvalue weighted by molar-refractivity contribution is 5.88. The maximum atomic E-state index is 10.8. The number of carbonyl (C=O) groups excluding carboxylic acids is 1. The van der Waals surface area contributed by atoms with Gasteiger partial charge in [-0.15, -0.1) is 0 Å². The van der Waals surface area contributed by atoms with Crippen molar-refractivity contribution in [3.05, 3.63) is 48.7 Å². The van der Waals surface area contributed by atoms with Crippen LogP contribution in [-0.4, -0.2) is 10.9 Å². The Morgan fingerprint density at radius 3 is 2.65 bits per heavy atom. The number of carbonyl (C=O) groups is 1. The van der Waals surface area contributed by atoms with Crippen LogP contribution in [0.15, 0.2) is 42.5 Å². The number of nitrogens with one attached hydrogen (secondary N) is 1. The van der Waals surface area contributed by atoms with Crippen LogP contribution in [0.25, 0.3) is 0 Å². The van der Waals surface area contributed by atoms with Gasteiger partial charge in [-0.25, -0.2) is 4.98 Å². The molecule has 1 aromatic heterocycles. The summed E-state index contributed by atoms with van der Waals surface area (Å²) in [4.78, 5) is 14.8. The van der Waals surface area contributed by atoms with Gasteiger partial charge >= 0.3 is 0 Å². The van der Waals surface area contributed by atoms with Gasteiger partial charge in [0.25, 0.3) is 0 Å². The molecule has 1 radical (unpaired) electrons. The smallest absolute Gasteiger partial charge is 0.221 e. The van der Waals surface area contributed by atoms with Gasteiger partial charge < -0.3 is 10.1 Å². The maximum Gasteiger partial charge on any atom is 0.221 e. The minimum Gasteiger partial charge on any atom is -0.439 e. The molecule has 17 heavy (non-hydrogen) atoms. The summed E-state index contributed by atoms with van der Waals surface area (Å²) in [6, 6.07) is 12.3. The number of nitrogens with zero attached hydrogens (tertiary/aromatic N) is 1. The number of pyridine rings is 1. The molecule has 85 valence electrons. The van der Waals surface area contributed by atoms with Crippen molar-refractivity contribution in [2.24, 2.45) is 0 Å². The lowest BCUT2D eigenvalue weighted by atomic mass is 10.3. The zero-order valence-corrected chi connectivity index (χ0v) is 9.31. The molecule has 0 saturated carbocycles. The number of aromatic nitrogens is 1. The lowest BCUT2D eigenvalue weighted by Crippen LogP contribution is -2.05. The largest absolute Gasteiger partial charge is 0.439 e. The van der Waals surface area contributed by atoms with E-state index in [2.05, 4.69) is 16.5 Å². The normalized spacial score (nSPS) is 9.71. The van der Waals surface area contributed by atoms with Gasteiger partial charge in [0.2, 0.25) is 11.8 Å². The molecule has 0 aliphatic heterocycles. The number of ether oxygens (including phenoxy) is 1. The van der Waals surface area contributed by atoms with Crippen molar-refractivity contribution in [1.82, 2.24) is 4.98 Å². The minimum atomic E-state index is -0.0991. The molecule has 1 amide bonds. The summed E-state index contributed by atoms with van der Waals surface area (Å²) in [5.74, 6) is 1.05. The van der Waals surface area contributed by atoms with Gasteiger partial charge in [0, 0.05) is 18.7 Å². The van der Waals surface area contributed by atoms with Crippen molar-refractivity contribution >= 4 is 11.6 Å². The Morgan fingerprint density at radius 2 is 2.06 bits per heavy atom. The van der Waals surface area contributed by atoms with Gasteiger partial charge in [-0.2, -0.15) is 0 Å². The summed E-state index contributed by atoms with van der Waals surface area (Å²) in [7, 11) is 0. The van der Waals surface area contributed by atoms with E-state index in [0.717, 1.165) is 5.69 Å². The highest BCUT2D eigenvalue weighted by atomic mass is 16.5. The van der Waals surface area contributed by atoms with Crippen LogP contribution in [0, 0.1) is 6.20 Å². The molecule has 0 unspecified atom stereocenters. The molecule has 2 aromatic rings. The summed E-state index contributed by atoms with van der Waals surface area (Å²) in [6.07, 6.45) is 2.69. The molecule has 1 aromatic carbocycles. The molecule has 0 aliphatic rings. The average molecular weight is 227 g/mol. The predicted molar refractivity (Wildman–Crippen MR) is 63.9 cm³/mol. The number of anilines is 1. The Hall–Kier alpha value is -2.36. The fourth-order valence-corrected chi connectivity index (χ4v) is 1.30. The van der Waals surface area contributed by atoms with Crippen molar-refractivity contribution < 1.29 is 9.53 Å². The first-order chi connectivity index (χ1) is 8.24. The van der Waals surface area contributed by atoms with E-state index in [9.17, 15) is 4.79 Å². The third kappa shape index (κ3) is 3.31. The monoisotopic (exact) mass is 227 g/mol. The van der Waals surface area contributed by atoms with Crippen molar-refractivity contribution in [3.63, 3.8) is 0 Å². The second kappa shape index (κ2) is 5.12. The first-order valence-electron chi connectivity index (χ1n) is 5.12. The summed E-state index contributed by atoms with van der Waals surface area (Å²) < 4.78 is 5.48. The standard InChI is InChI=1S/C13H11N2O2/c1-10(16)15-11-5-7-12(8-6-11)17-13-4-2-3-9-14-13/h2-8H,1H3,(H,15,16). The van der Waals surface area contributed by atoms with E-state index in [1.807, 2.05) is 0 Å². The Bertz CT molecular complexity index is 495. The number of rotatable bonds is 3. The molecule has 0 fully saturated rings. The van der Waals surface area contributed by atoms with E-state index >= 15 is 0 Å². The quantitative estimate of drug-likeness (QED) is 0.876. The summed E-state index contributed by atoms with van der Waals surface area (Å²) in [5.41, 5.74) is 0.734. The number of benzene rings is 1. The van der Waals surface area contributed by atoms with Crippen LogP contribution in [-0.2, 0) is 4.79 Å². The molecule has 0 atom stereocenters. The van der Waals surface area contributed by atoms with E-state index < -0.39 is 0 Å². The summed E-state index contributed by atoms with van der Waals surface area (Å²) >= 11 is 0. The van der Waals surface area contributed by atoms with Crippen LogP contribution in [0.2, 0.25) is 0 Å². The second-order valence-corrected chi connectivity index (χ2v) is 3.41. The Labute approximate surface area is 99.3 Å². The molecule has 4 heteroatoms. The minimum absolute atomic E-state index is 0.0991. The second-order valence-electron chi connectivity index (χ2n) is 3.41. The number of hydrogen-bond donors (Lipinski definition) is 1. The fraction of sp³-hybridized carbons (Fsp3) is 0.0769. The van der Waals surface area contributed by atoms with Crippen molar-refractivity contribution in [3.8, 4) is 11.6 Å². The lowest BCUT2D eigenvalue weighted by Gasteiger charge is -2.05. The first kappa shape index (κ1) is 11.1. The summed E-state index contributed by atoms with van der Waals surface area (Å²) in [5, 5.41) is 2.68. The molecule has 4 nitrogen and oxygen atoms in total. The highest BCUT2D eigenvalue weighted by Crippen LogP contribution is 2.20. The molecule has 1 N–H and O–H groups in total. The molecule has 0 spiro atoms. The molecule has 1 heterocycles. The van der Waals surface area contributed by atoms with E-state index in [-0.39, 0.29) is 5.91 Å². The molecular weight excluding hydrogens is 216 g/mol. The van der Waals surface area contributed by atoms with E-state index in [0.29, 0.717) is 11.6 Å². The van der Waals surface area contributed by atoms with Crippen molar-refractivity contribution in [1.29, 1.82) is 0 Å². The Balaban J connectivity index is 2.06. The van der Waals surface area contributed by atoms with Crippen LogP contribution in [0.1, 0.15) is 6.92 Å². The van der Waals surface area contributed by atoms with Crippen LogP contribution in [0.3, 0.4) is 0 Å². The molecule has 0 bridgehead atoms. The maximum absolute atomic E-state index is 10.8. The van der Waals surface area contributed by atoms with Crippen LogP contribution >= 0.6 is 0 Å². The van der Waals surface area contributed by atoms with Gasteiger partial charge in [0.15, 0.2) is 0 Å². The van der Waals surface area contributed by atoms with Gasteiger partial charge in [-0.3, -0.25) is 4.79 Å². The van der Waals surface area contributed by atoms with Crippen LogP contribution in [0.5, 0.6) is 11.6 Å². The topological polar surface area (TPSA) is 51.2 Å². The zero-order valence-electron chi connectivity index (χ0n) is 9.31. The Morgan fingerprint density at radius 1 is 1.29 bits per heavy atom. The predicted octanol–water partition coefficient (Wildman–Crippen LogP) is 2.63. The van der Waals surface area contributed by atoms with E-state index in [4.69, 9.17) is 4.74 Å². The van der Waals surface area contributed by atoms with Gasteiger partial charge in [-0.05, 0) is 30.3 Å². The summed E-state index contributed by atoms with van der Waals surface area (Å²) in [6.45, 7) is 1.47. The molecular formula is C13H11N2O2. The molecule has 0 aliphatic carbocycles. The molecule has 0 saturated heterocycles. The Kier molecular flexibility index (Phi) is 3.35. The molecule has 2 rings (SSSR count). The van der Waals surface area contributed by atoms with Gasteiger partial charge in [-0.1, -0.05) is 6.07 Å². The first-order valence-corrected chi connectivity index (χ1v) is 5.12. The van der Waals surface area contributed by atoms with Crippen LogP contribution < -0.4 is 10.1 Å². The number of hydrogen-bond acceptors (Lipinski definition) is 3. The van der Waals surface area contributed by atoms with E-state index in [1.165, 1.54) is 6.92 Å². The van der Waals surface area contributed by atoms with Crippen LogP contribution in [0.4, 0.5) is 5.69 Å². The zero-order chi connectivity index (χ0) is 12.1. The highest BCUT2D eigenvalue weighted by Gasteiger charge is 1.99. The third-order valence-electron chi connectivity index (χ3n) is 1.98. The average Bonchev–Trinajstić information content (AvgIpc) is 2.32. The lowest BCUT2D eigenvalue weighted by molar-refractivity contribution is -0.114. The third-order valence-corrected chi connectivity index (χ3v) is 1.98. The van der Waals surface area contributed by atoms with Gasteiger partial charge in [0.1, 0.15) is 5.75 Å². The van der Waals surface area contributed by atoms with E-state index in [1.54, 1.807) is 42.5 Å².